The number of likely N-dealkylation sites (tertiary alicyclic amines) is 1. The van der Waals surface area contributed by atoms with Gasteiger partial charge in [0, 0.05) is 44.6 Å². The summed E-state index contributed by atoms with van der Waals surface area (Å²) in [5, 5.41) is 14.2. The maximum absolute atomic E-state index is 10.2. The fourth-order valence-electron chi connectivity index (χ4n) is 3.25. The van der Waals surface area contributed by atoms with Crippen molar-refractivity contribution in [2.24, 2.45) is 5.92 Å². The molecule has 2 heterocycles. The minimum Gasteiger partial charge on any atom is -0.391 e. The molecule has 130 valence electrons. The number of nitrogens with zero attached hydrogens (tertiary/aromatic N) is 2. The average molecular weight is 330 g/mol. The molecule has 24 heavy (non-hydrogen) atoms. The number of aliphatic hydroxyl groups is 1. The normalized spacial score (nSPS) is 21.4. The highest BCUT2D eigenvalue weighted by molar-refractivity contribution is 5.13. The van der Waals surface area contributed by atoms with Gasteiger partial charge in [-0.3, -0.25) is 0 Å². The van der Waals surface area contributed by atoms with Gasteiger partial charge in [0.15, 0.2) is 0 Å². The molecule has 5 nitrogen and oxygen atoms in total. The van der Waals surface area contributed by atoms with Crippen LogP contribution in [0.2, 0.25) is 0 Å². The third-order valence-electron chi connectivity index (χ3n) is 4.50. The number of hydrogen-bond donors (Lipinski definition) is 1. The van der Waals surface area contributed by atoms with Crippen molar-refractivity contribution >= 4 is 0 Å². The van der Waals surface area contributed by atoms with Gasteiger partial charge in [0.1, 0.15) is 5.76 Å². The number of β-amino-alcohol motifs (C(OH)–C–C–N with tert-alkyl or cyclic N) is 1. The lowest BCUT2D eigenvalue weighted by Crippen LogP contribution is -2.24. The first-order valence-corrected chi connectivity index (χ1v) is 8.65. The molecule has 1 aliphatic rings. The lowest BCUT2D eigenvalue weighted by molar-refractivity contribution is 0.108. The molecular weight excluding hydrogens is 304 g/mol. The van der Waals surface area contributed by atoms with E-state index in [-0.39, 0.29) is 12.0 Å². The van der Waals surface area contributed by atoms with Gasteiger partial charge in [-0.1, -0.05) is 35.5 Å². The van der Waals surface area contributed by atoms with E-state index in [0.29, 0.717) is 6.61 Å². The van der Waals surface area contributed by atoms with E-state index in [1.165, 1.54) is 5.56 Å². The minimum atomic E-state index is -0.291. The van der Waals surface area contributed by atoms with Gasteiger partial charge < -0.3 is 19.3 Å². The van der Waals surface area contributed by atoms with E-state index in [0.717, 1.165) is 50.5 Å². The Hall–Kier alpha value is -1.69. The first-order valence-electron chi connectivity index (χ1n) is 8.65. The van der Waals surface area contributed by atoms with Gasteiger partial charge in [-0.05, 0) is 18.9 Å². The summed E-state index contributed by atoms with van der Waals surface area (Å²) in [5.41, 5.74) is 2.10. The zero-order valence-corrected chi connectivity index (χ0v) is 14.2. The van der Waals surface area contributed by atoms with Crippen molar-refractivity contribution in [3.05, 3.63) is 53.4 Å². The van der Waals surface area contributed by atoms with Crippen LogP contribution >= 0.6 is 0 Å². The molecule has 0 amide bonds. The fraction of sp³-hybridized carbons (Fsp3) is 0.526. The van der Waals surface area contributed by atoms with Crippen LogP contribution in [0.4, 0.5) is 0 Å². The third kappa shape index (κ3) is 4.90. The molecule has 1 aliphatic heterocycles. The molecule has 1 fully saturated rings. The number of aryl methyl sites for hydroxylation is 1. The molecule has 0 aliphatic carbocycles. The van der Waals surface area contributed by atoms with E-state index in [9.17, 15) is 5.11 Å². The zero-order chi connectivity index (χ0) is 16.8. The monoisotopic (exact) mass is 330 g/mol. The summed E-state index contributed by atoms with van der Waals surface area (Å²) < 4.78 is 11.0. The van der Waals surface area contributed by atoms with Crippen molar-refractivity contribution in [2.75, 3.05) is 26.2 Å². The van der Waals surface area contributed by atoms with Crippen LogP contribution in [0.5, 0.6) is 0 Å². The van der Waals surface area contributed by atoms with Gasteiger partial charge in [-0.2, -0.15) is 0 Å². The van der Waals surface area contributed by atoms with Gasteiger partial charge in [-0.25, -0.2) is 0 Å². The fourth-order valence-corrected chi connectivity index (χ4v) is 3.25. The highest BCUT2D eigenvalue weighted by Crippen LogP contribution is 2.22. The maximum Gasteiger partial charge on any atom is 0.137 e. The maximum atomic E-state index is 10.2. The first-order chi connectivity index (χ1) is 11.7. The Kier molecular flexibility index (Phi) is 6.01. The molecule has 5 heteroatoms. The lowest BCUT2D eigenvalue weighted by atomic mass is 10.0. The second-order valence-electron chi connectivity index (χ2n) is 6.62. The number of benzene rings is 1. The molecule has 0 radical (unpaired) electrons. The summed E-state index contributed by atoms with van der Waals surface area (Å²) in [5.74, 6) is 1.09. The first kappa shape index (κ1) is 17.1. The van der Waals surface area contributed by atoms with Crippen LogP contribution in [-0.4, -0.2) is 47.5 Å². The van der Waals surface area contributed by atoms with Crippen LogP contribution < -0.4 is 0 Å². The van der Waals surface area contributed by atoms with Gasteiger partial charge in [0.25, 0.3) is 0 Å². The van der Waals surface area contributed by atoms with E-state index < -0.39 is 0 Å². The standard InChI is InChI=1S/C19H26N2O3/c1-15-10-18(24-20-15)11-17-12-21(13-19(17)22)8-5-9-23-14-16-6-3-2-4-7-16/h2-4,6-7,10,17,19,22H,5,8-9,11-14H2,1H3/t17-,19+/m1/s1. The molecule has 2 atom stereocenters. The van der Waals surface area contributed by atoms with Crippen molar-refractivity contribution in [3.63, 3.8) is 0 Å². The van der Waals surface area contributed by atoms with E-state index in [1.54, 1.807) is 0 Å². The van der Waals surface area contributed by atoms with Crippen LogP contribution in [0.3, 0.4) is 0 Å². The van der Waals surface area contributed by atoms with Gasteiger partial charge >= 0.3 is 0 Å². The van der Waals surface area contributed by atoms with Crippen molar-refractivity contribution < 1.29 is 14.4 Å². The molecule has 1 aromatic heterocycles. The van der Waals surface area contributed by atoms with Crippen LogP contribution in [-0.2, 0) is 17.8 Å². The quantitative estimate of drug-likeness (QED) is 0.753. The Morgan fingerprint density at radius 3 is 2.88 bits per heavy atom. The van der Waals surface area contributed by atoms with Crippen LogP contribution in [0, 0.1) is 12.8 Å². The molecule has 0 saturated carbocycles. The molecule has 0 unspecified atom stereocenters. The molecule has 1 aromatic carbocycles. The molecule has 3 rings (SSSR count). The Bertz CT molecular complexity index is 614. The number of aromatic nitrogens is 1. The summed E-state index contributed by atoms with van der Waals surface area (Å²) in [6, 6.07) is 12.2. The smallest absolute Gasteiger partial charge is 0.137 e. The van der Waals surface area contributed by atoms with Crippen LogP contribution in [0.15, 0.2) is 40.9 Å². The molecule has 1 saturated heterocycles. The van der Waals surface area contributed by atoms with Gasteiger partial charge in [-0.15, -0.1) is 0 Å². The van der Waals surface area contributed by atoms with E-state index in [4.69, 9.17) is 9.26 Å². The highest BCUT2D eigenvalue weighted by Gasteiger charge is 2.31. The van der Waals surface area contributed by atoms with Crippen LogP contribution in [0.25, 0.3) is 0 Å². The summed E-state index contributed by atoms with van der Waals surface area (Å²) >= 11 is 0. The molecule has 2 aromatic rings. The van der Waals surface area contributed by atoms with Crippen molar-refractivity contribution in [1.29, 1.82) is 0 Å². The zero-order valence-electron chi connectivity index (χ0n) is 14.2. The molecule has 1 N–H and O–H groups in total. The minimum absolute atomic E-state index is 0.225. The largest absolute Gasteiger partial charge is 0.391 e. The van der Waals surface area contributed by atoms with E-state index in [2.05, 4.69) is 22.2 Å². The Morgan fingerprint density at radius 2 is 2.12 bits per heavy atom. The van der Waals surface area contributed by atoms with Crippen molar-refractivity contribution in [2.45, 2.75) is 32.5 Å². The highest BCUT2D eigenvalue weighted by atomic mass is 16.5. The van der Waals surface area contributed by atoms with E-state index >= 15 is 0 Å². The SMILES string of the molecule is Cc1cc(C[C@@H]2CN(CCCOCc3ccccc3)C[C@@H]2O)on1. The Labute approximate surface area is 143 Å². The topological polar surface area (TPSA) is 58.7 Å². The second kappa shape index (κ2) is 8.42. The number of aliphatic hydroxyl groups excluding tert-OH is 1. The predicted octanol–water partition coefficient (Wildman–Crippen LogP) is 2.43. The van der Waals surface area contributed by atoms with Crippen LogP contribution in [0.1, 0.15) is 23.4 Å². The van der Waals surface area contributed by atoms with Gasteiger partial charge in [0.2, 0.25) is 0 Å². The summed E-state index contributed by atoms with van der Waals surface area (Å²) in [4.78, 5) is 2.31. The predicted molar refractivity (Wildman–Crippen MR) is 91.6 cm³/mol. The van der Waals surface area contributed by atoms with Crippen molar-refractivity contribution in [1.82, 2.24) is 10.1 Å². The Morgan fingerprint density at radius 1 is 1.29 bits per heavy atom. The van der Waals surface area contributed by atoms with Gasteiger partial charge in [0.05, 0.1) is 18.4 Å². The van der Waals surface area contributed by atoms with Crippen molar-refractivity contribution in [3.8, 4) is 0 Å². The molecular formula is C19H26N2O3. The Balaban J connectivity index is 1.33. The third-order valence-corrected chi connectivity index (χ3v) is 4.50. The summed E-state index contributed by atoms with van der Waals surface area (Å²) in [7, 11) is 0. The second-order valence-corrected chi connectivity index (χ2v) is 6.62. The average Bonchev–Trinajstić information content (AvgIpc) is 3.14. The number of rotatable bonds is 8. The lowest BCUT2D eigenvalue weighted by Gasteiger charge is -2.15. The number of ether oxygens (including phenoxy) is 1. The summed E-state index contributed by atoms with van der Waals surface area (Å²) in [6.45, 7) is 5.91. The summed E-state index contributed by atoms with van der Waals surface area (Å²) in [6.07, 6.45) is 1.44. The molecule has 0 bridgehead atoms. The number of hydrogen-bond acceptors (Lipinski definition) is 5. The van der Waals surface area contributed by atoms with E-state index in [1.807, 2.05) is 31.2 Å². The molecule has 0 spiro atoms.